The molecule has 0 bridgehead atoms. The highest BCUT2D eigenvalue weighted by molar-refractivity contribution is 4.84. The number of hydrogen-bond donors (Lipinski definition) is 1. The van der Waals surface area contributed by atoms with Gasteiger partial charge in [-0.05, 0) is 44.2 Å². The van der Waals surface area contributed by atoms with E-state index in [1.807, 2.05) is 0 Å². The Morgan fingerprint density at radius 1 is 1.54 bits per heavy atom. The number of nitrogens with two attached hydrogens (primary N) is 1. The molecule has 1 aliphatic carbocycles. The summed E-state index contributed by atoms with van der Waals surface area (Å²) in [5, 5.41) is 0. The summed E-state index contributed by atoms with van der Waals surface area (Å²) in [6, 6.07) is 0. The van der Waals surface area contributed by atoms with Crippen molar-refractivity contribution in [1.29, 1.82) is 0 Å². The molecule has 0 aromatic rings. The molecule has 0 heterocycles. The van der Waals surface area contributed by atoms with Crippen LogP contribution < -0.4 is 5.73 Å². The molecule has 3 unspecified atom stereocenters. The Morgan fingerprint density at radius 2 is 2.15 bits per heavy atom. The van der Waals surface area contributed by atoms with E-state index >= 15 is 0 Å². The van der Waals surface area contributed by atoms with Crippen LogP contribution in [-0.2, 0) is 0 Å². The molecule has 0 aromatic carbocycles. The molecule has 0 spiro atoms. The van der Waals surface area contributed by atoms with Crippen LogP contribution in [0.25, 0.3) is 0 Å². The molecule has 0 aromatic heterocycles. The SMILES string of the molecule is CC(CCN)CN(C)CC1CC1C. The van der Waals surface area contributed by atoms with Crippen LogP contribution in [0.3, 0.4) is 0 Å². The predicted octanol–water partition coefficient (Wildman–Crippen LogP) is 1.56. The number of rotatable bonds is 6. The first-order chi connectivity index (χ1) is 6.13. The Kier molecular flexibility index (Phi) is 4.20. The minimum absolute atomic E-state index is 0.754. The monoisotopic (exact) mass is 184 g/mol. The molecule has 13 heavy (non-hydrogen) atoms. The molecule has 0 amide bonds. The van der Waals surface area contributed by atoms with Crippen LogP contribution in [-0.4, -0.2) is 31.6 Å². The van der Waals surface area contributed by atoms with Crippen molar-refractivity contribution in [3.8, 4) is 0 Å². The lowest BCUT2D eigenvalue weighted by Crippen LogP contribution is -2.27. The van der Waals surface area contributed by atoms with E-state index in [9.17, 15) is 0 Å². The molecule has 1 rings (SSSR count). The Morgan fingerprint density at radius 3 is 2.62 bits per heavy atom. The molecule has 1 fully saturated rings. The van der Waals surface area contributed by atoms with Crippen LogP contribution >= 0.6 is 0 Å². The molecular formula is C11H24N2. The zero-order valence-electron chi connectivity index (χ0n) is 9.29. The molecule has 2 nitrogen and oxygen atoms in total. The fourth-order valence-electron chi connectivity index (χ4n) is 2.04. The smallest absolute Gasteiger partial charge is 0.000937 e. The average molecular weight is 184 g/mol. The van der Waals surface area contributed by atoms with Gasteiger partial charge in [0.2, 0.25) is 0 Å². The summed E-state index contributed by atoms with van der Waals surface area (Å²) in [5.74, 6) is 2.71. The van der Waals surface area contributed by atoms with Gasteiger partial charge in [-0.2, -0.15) is 0 Å². The van der Waals surface area contributed by atoms with Crippen LogP contribution in [0.1, 0.15) is 26.7 Å². The zero-order chi connectivity index (χ0) is 9.84. The van der Waals surface area contributed by atoms with Crippen molar-refractivity contribution in [3.63, 3.8) is 0 Å². The van der Waals surface area contributed by atoms with Crippen molar-refractivity contribution >= 4 is 0 Å². The topological polar surface area (TPSA) is 29.3 Å². The lowest BCUT2D eigenvalue weighted by atomic mass is 10.1. The molecule has 3 atom stereocenters. The number of hydrogen-bond acceptors (Lipinski definition) is 2. The highest BCUT2D eigenvalue weighted by Gasteiger charge is 2.33. The van der Waals surface area contributed by atoms with E-state index in [1.54, 1.807) is 0 Å². The first-order valence-corrected chi connectivity index (χ1v) is 5.52. The summed E-state index contributed by atoms with van der Waals surface area (Å²) in [6.45, 7) is 7.97. The van der Waals surface area contributed by atoms with E-state index in [0.29, 0.717) is 0 Å². The minimum atomic E-state index is 0.754. The Labute approximate surface area is 82.5 Å². The molecule has 2 N–H and O–H groups in total. The average Bonchev–Trinajstić information content (AvgIpc) is 2.65. The maximum Gasteiger partial charge on any atom is 0.000937 e. The fraction of sp³-hybridized carbons (Fsp3) is 1.00. The second-order valence-corrected chi connectivity index (χ2v) is 4.88. The van der Waals surface area contributed by atoms with E-state index < -0.39 is 0 Å². The molecule has 0 aliphatic heterocycles. The van der Waals surface area contributed by atoms with Gasteiger partial charge in [0.15, 0.2) is 0 Å². The van der Waals surface area contributed by atoms with Crippen LogP contribution in [0.5, 0.6) is 0 Å². The van der Waals surface area contributed by atoms with Gasteiger partial charge in [0.1, 0.15) is 0 Å². The van der Waals surface area contributed by atoms with Crippen molar-refractivity contribution in [2.75, 3.05) is 26.7 Å². The molecule has 0 radical (unpaired) electrons. The highest BCUT2D eigenvalue weighted by atomic mass is 15.1. The summed E-state index contributed by atoms with van der Waals surface area (Å²) in [5.41, 5.74) is 5.52. The third kappa shape index (κ3) is 4.10. The summed E-state index contributed by atoms with van der Waals surface area (Å²) in [6.07, 6.45) is 2.60. The van der Waals surface area contributed by atoms with E-state index in [1.165, 1.54) is 19.5 Å². The Bertz CT molecular complexity index is 147. The standard InChI is InChI=1S/C11H24N2/c1-9(4-5-12)7-13(3)8-11-6-10(11)2/h9-11H,4-8,12H2,1-3H3. The second-order valence-electron chi connectivity index (χ2n) is 4.88. The molecule has 1 saturated carbocycles. The van der Waals surface area contributed by atoms with Gasteiger partial charge in [0.25, 0.3) is 0 Å². The van der Waals surface area contributed by atoms with Gasteiger partial charge in [-0.15, -0.1) is 0 Å². The van der Waals surface area contributed by atoms with Gasteiger partial charge >= 0.3 is 0 Å². The maximum absolute atomic E-state index is 5.52. The zero-order valence-corrected chi connectivity index (χ0v) is 9.29. The van der Waals surface area contributed by atoms with Crippen molar-refractivity contribution in [2.24, 2.45) is 23.5 Å². The second kappa shape index (κ2) is 4.97. The van der Waals surface area contributed by atoms with Gasteiger partial charge in [0, 0.05) is 13.1 Å². The highest BCUT2D eigenvalue weighted by Crippen LogP contribution is 2.37. The van der Waals surface area contributed by atoms with Crippen LogP contribution in [0, 0.1) is 17.8 Å². The molecule has 0 saturated heterocycles. The van der Waals surface area contributed by atoms with E-state index in [2.05, 4.69) is 25.8 Å². The summed E-state index contributed by atoms with van der Waals surface area (Å²) < 4.78 is 0. The van der Waals surface area contributed by atoms with Gasteiger partial charge in [0.05, 0.1) is 0 Å². The maximum atomic E-state index is 5.52. The van der Waals surface area contributed by atoms with Gasteiger partial charge in [-0.3, -0.25) is 0 Å². The van der Waals surface area contributed by atoms with Crippen molar-refractivity contribution < 1.29 is 0 Å². The van der Waals surface area contributed by atoms with Crippen LogP contribution in [0.2, 0.25) is 0 Å². The van der Waals surface area contributed by atoms with E-state index in [4.69, 9.17) is 5.73 Å². The fourth-order valence-corrected chi connectivity index (χ4v) is 2.04. The predicted molar refractivity (Wildman–Crippen MR) is 57.6 cm³/mol. The molecule has 1 aliphatic rings. The van der Waals surface area contributed by atoms with E-state index in [0.717, 1.165) is 30.7 Å². The molecule has 78 valence electrons. The lowest BCUT2D eigenvalue weighted by molar-refractivity contribution is 0.266. The first-order valence-electron chi connectivity index (χ1n) is 5.52. The Hall–Kier alpha value is -0.0800. The van der Waals surface area contributed by atoms with Crippen molar-refractivity contribution in [3.05, 3.63) is 0 Å². The third-order valence-corrected chi connectivity index (χ3v) is 3.11. The van der Waals surface area contributed by atoms with E-state index in [-0.39, 0.29) is 0 Å². The van der Waals surface area contributed by atoms with Crippen molar-refractivity contribution in [1.82, 2.24) is 4.90 Å². The van der Waals surface area contributed by atoms with Crippen molar-refractivity contribution in [2.45, 2.75) is 26.7 Å². The first kappa shape index (κ1) is 11.0. The quantitative estimate of drug-likeness (QED) is 0.679. The van der Waals surface area contributed by atoms with Gasteiger partial charge in [-0.1, -0.05) is 13.8 Å². The van der Waals surface area contributed by atoms with Gasteiger partial charge < -0.3 is 10.6 Å². The number of nitrogens with zero attached hydrogens (tertiary/aromatic N) is 1. The lowest BCUT2D eigenvalue weighted by Gasteiger charge is -2.20. The van der Waals surface area contributed by atoms with Gasteiger partial charge in [-0.25, -0.2) is 0 Å². The van der Waals surface area contributed by atoms with Crippen LogP contribution in [0.4, 0.5) is 0 Å². The summed E-state index contributed by atoms with van der Waals surface area (Å²) in [4.78, 5) is 2.47. The largest absolute Gasteiger partial charge is 0.330 e. The normalized spacial score (nSPS) is 29.3. The van der Waals surface area contributed by atoms with Crippen LogP contribution in [0.15, 0.2) is 0 Å². The third-order valence-electron chi connectivity index (χ3n) is 3.11. The molecular weight excluding hydrogens is 160 g/mol. The minimum Gasteiger partial charge on any atom is -0.330 e. The Balaban J connectivity index is 2.06. The summed E-state index contributed by atoms with van der Waals surface area (Å²) >= 11 is 0. The molecule has 2 heteroatoms. The summed E-state index contributed by atoms with van der Waals surface area (Å²) in [7, 11) is 2.23.